The molecule has 1 atom stereocenters. The lowest BCUT2D eigenvalue weighted by molar-refractivity contribution is 0.0808. The summed E-state index contributed by atoms with van der Waals surface area (Å²) in [5.74, 6) is 0. The van der Waals surface area contributed by atoms with Crippen LogP contribution >= 0.6 is 11.3 Å². The van der Waals surface area contributed by atoms with Crippen molar-refractivity contribution in [1.82, 2.24) is 10.2 Å². The molecule has 3 rings (SSSR count). The monoisotopic (exact) mass is 278 g/mol. The number of rotatable bonds is 4. The number of nitrogens with zero attached hydrogens (tertiary/aromatic N) is 1. The van der Waals surface area contributed by atoms with Gasteiger partial charge in [0.15, 0.2) is 0 Å². The molecule has 1 N–H and O–H groups in total. The number of thiophene rings is 1. The second kappa shape index (κ2) is 5.55. The van der Waals surface area contributed by atoms with Gasteiger partial charge in [-0.3, -0.25) is 4.90 Å². The summed E-state index contributed by atoms with van der Waals surface area (Å²) in [7, 11) is 2.15. The number of aryl methyl sites for hydroxylation is 1. The van der Waals surface area contributed by atoms with Crippen LogP contribution in [0, 0.1) is 6.92 Å². The van der Waals surface area contributed by atoms with Crippen LogP contribution in [0.2, 0.25) is 0 Å². The van der Waals surface area contributed by atoms with Crippen molar-refractivity contribution in [1.29, 1.82) is 0 Å². The molecule has 106 valence electrons. The molecule has 1 saturated heterocycles. The lowest BCUT2D eigenvalue weighted by atomic mass is 9.84. The molecule has 1 aliphatic carbocycles. The maximum absolute atomic E-state index is 3.67. The fourth-order valence-corrected chi connectivity index (χ4v) is 5.41. The lowest BCUT2D eigenvalue weighted by Gasteiger charge is -2.45. The first-order valence-electron chi connectivity index (χ1n) is 7.74. The van der Waals surface area contributed by atoms with Crippen LogP contribution in [-0.4, -0.2) is 30.6 Å². The summed E-state index contributed by atoms with van der Waals surface area (Å²) in [5, 5.41) is 5.93. The molecule has 1 unspecified atom stereocenters. The van der Waals surface area contributed by atoms with E-state index in [-0.39, 0.29) is 0 Å². The summed E-state index contributed by atoms with van der Waals surface area (Å²) in [6, 6.07) is 2.80. The zero-order valence-electron chi connectivity index (χ0n) is 12.2. The second-order valence-electron chi connectivity index (χ2n) is 6.19. The van der Waals surface area contributed by atoms with E-state index in [9.17, 15) is 0 Å². The van der Waals surface area contributed by atoms with Gasteiger partial charge in [-0.2, -0.15) is 0 Å². The van der Waals surface area contributed by atoms with Crippen molar-refractivity contribution in [3.8, 4) is 0 Å². The zero-order valence-corrected chi connectivity index (χ0v) is 13.1. The molecule has 2 fully saturated rings. The number of hydrogen-bond donors (Lipinski definition) is 1. The van der Waals surface area contributed by atoms with E-state index in [1.807, 2.05) is 11.3 Å². The molecule has 0 bridgehead atoms. The molecule has 19 heavy (non-hydrogen) atoms. The highest BCUT2D eigenvalue weighted by atomic mass is 32.1. The summed E-state index contributed by atoms with van der Waals surface area (Å²) in [6.07, 6.45) is 8.33. The molecule has 0 aromatic carbocycles. The van der Waals surface area contributed by atoms with Crippen LogP contribution < -0.4 is 5.32 Å². The van der Waals surface area contributed by atoms with Crippen molar-refractivity contribution >= 4 is 11.3 Å². The fourth-order valence-electron chi connectivity index (χ4n) is 4.26. The minimum atomic E-state index is 0.390. The average Bonchev–Trinajstić information content (AvgIpc) is 3.12. The van der Waals surface area contributed by atoms with Gasteiger partial charge in [0.05, 0.1) is 6.04 Å². The third-order valence-corrected chi connectivity index (χ3v) is 6.28. The molecule has 1 aromatic heterocycles. The van der Waals surface area contributed by atoms with Gasteiger partial charge in [-0.1, -0.05) is 12.8 Å². The molecule has 1 aliphatic heterocycles. The maximum Gasteiger partial charge on any atom is 0.0602 e. The standard InChI is InChI=1S/C16H26N2S/c1-13-7-12-19-14(13)15(17-2)16(8-3-4-9-16)18-10-5-6-11-18/h7,12,15,17H,3-6,8-11H2,1-2H3. The fraction of sp³-hybridized carbons (Fsp3) is 0.750. The highest BCUT2D eigenvalue weighted by molar-refractivity contribution is 7.10. The number of likely N-dealkylation sites (N-methyl/N-ethyl adjacent to an activating group) is 1. The van der Waals surface area contributed by atoms with Crippen molar-refractivity contribution in [3.63, 3.8) is 0 Å². The van der Waals surface area contributed by atoms with Crippen molar-refractivity contribution in [2.45, 2.75) is 57.0 Å². The van der Waals surface area contributed by atoms with E-state index in [2.05, 4.69) is 35.6 Å². The normalized spacial score (nSPS) is 24.9. The van der Waals surface area contributed by atoms with Crippen LogP contribution in [-0.2, 0) is 0 Å². The Labute approximate surface area is 121 Å². The third-order valence-electron chi connectivity index (χ3n) is 5.20. The topological polar surface area (TPSA) is 15.3 Å². The Balaban J connectivity index is 1.95. The first kappa shape index (κ1) is 13.6. The Morgan fingerprint density at radius 3 is 2.42 bits per heavy atom. The summed E-state index contributed by atoms with van der Waals surface area (Å²) in [6.45, 7) is 4.88. The number of likely N-dealkylation sites (tertiary alicyclic amines) is 1. The van der Waals surface area contributed by atoms with Gasteiger partial charge in [-0.15, -0.1) is 11.3 Å². The summed E-state index contributed by atoms with van der Waals surface area (Å²) in [5.41, 5.74) is 1.86. The van der Waals surface area contributed by atoms with Gasteiger partial charge in [-0.25, -0.2) is 0 Å². The first-order valence-corrected chi connectivity index (χ1v) is 8.62. The van der Waals surface area contributed by atoms with E-state index in [4.69, 9.17) is 0 Å². The van der Waals surface area contributed by atoms with Crippen LogP contribution in [0.5, 0.6) is 0 Å². The Morgan fingerprint density at radius 1 is 1.21 bits per heavy atom. The highest BCUT2D eigenvalue weighted by Gasteiger charge is 2.47. The van der Waals surface area contributed by atoms with E-state index in [1.54, 1.807) is 4.88 Å². The molecular formula is C16H26N2S. The van der Waals surface area contributed by atoms with Crippen LogP contribution in [0.25, 0.3) is 0 Å². The van der Waals surface area contributed by atoms with E-state index in [0.717, 1.165) is 0 Å². The predicted molar refractivity (Wildman–Crippen MR) is 82.9 cm³/mol. The smallest absolute Gasteiger partial charge is 0.0602 e. The summed E-state index contributed by atoms with van der Waals surface area (Å²) >= 11 is 1.94. The third kappa shape index (κ3) is 2.26. The predicted octanol–water partition coefficient (Wildman–Crippen LogP) is 3.73. The first-order chi connectivity index (χ1) is 9.28. The molecular weight excluding hydrogens is 252 g/mol. The molecule has 2 aliphatic rings. The lowest BCUT2D eigenvalue weighted by Crippen LogP contribution is -2.53. The Kier molecular flexibility index (Phi) is 3.97. The molecule has 1 aromatic rings. The Hall–Kier alpha value is -0.380. The number of nitrogens with one attached hydrogen (secondary N) is 1. The zero-order chi connectivity index (χ0) is 13.3. The average molecular weight is 278 g/mol. The van der Waals surface area contributed by atoms with Gasteiger partial charge in [0.2, 0.25) is 0 Å². The number of hydrogen-bond acceptors (Lipinski definition) is 3. The quantitative estimate of drug-likeness (QED) is 0.903. The summed E-state index contributed by atoms with van der Waals surface area (Å²) in [4.78, 5) is 4.37. The molecule has 0 radical (unpaired) electrons. The minimum Gasteiger partial charge on any atom is -0.311 e. The van der Waals surface area contributed by atoms with Crippen molar-refractivity contribution in [2.75, 3.05) is 20.1 Å². The SMILES string of the molecule is CNC(c1sccc1C)C1(N2CCCC2)CCCC1. The summed E-state index contributed by atoms with van der Waals surface area (Å²) < 4.78 is 0. The van der Waals surface area contributed by atoms with E-state index < -0.39 is 0 Å². The van der Waals surface area contributed by atoms with E-state index >= 15 is 0 Å². The van der Waals surface area contributed by atoms with E-state index in [0.29, 0.717) is 11.6 Å². The van der Waals surface area contributed by atoms with Gasteiger partial charge in [0.1, 0.15) is 0 Å². The van der Waals surface area contributed by atoms with E-state index in [1.165, 1.54) is 57.2 Å². The van der Waals surface area contributed by atoms with Crippen LogP contribution in [0.1, 0.15) is 55.0 Å². The second-order valence-corrected chi connectivity index (χ2v) is 7.14. The van der Waals surface area contributed by atoms with Crippen molar-refractivity contribution in [3.05, 3.63) is 21.9 Å². The van der Waals surface area contributed by atoms with Crippen molar-refractivity contribution in [2.24, 2.45) is 0 Å². The molecule has 2 nitrogen and oxygen atoms in total. The van der Waals surface area contributed by atoms with Crippen LogP contribution in [0.4, 0.5) is 0 Å². The Bertz CT molecular complexity index is 414. The largest absolute Gasteiger partial charge is 0.311 e. The van der Waals surface area contributed by atoms with Gasteiger partial charge in [0, 0.05) is 10.4 Å². The molecule has 1 saturated carbocycles. The maximum atomic E-state index is 3.67. The molecule has 2 heterocycles. The highest BCUT2D eigenvalue weighted by Crippen LogP contribution is 2.47. The molecule has 0 amide bonds. The molecule has 3 heteroatoms. The van der Waals surface area contributed by atoms with Gasteiger partial charge < -0.3 is 5.32 Å². The van der Waals surface area contributed by atoms with Gasteiger partial charge in [0.25, 0.3) is 0 Å². The van der Waals surface area contributed by atoms with Crippen LogP contribution in [0.15, 0.2) is 11.4 Å². The van der Waals surface area contributed by atoms with Crippen molar-refractivity contribution < 1.29 is 0 Å². The van der Waals surface area contributed by atoms with Gasteiger partial charge in [-0.05, 0) is 69.8 Å². The minimum absolute atomic E-state index is 0.390. The molecule has 0 spiro atoms. The van der Waals surface area contributed by atoms with Crippen LogP contribution in [0.3, 0.4) is 0 Å². The van der Waals surface area contributed by atoms with Gasteiger partial charge >= 0.3 is 0 Å². The Morgan fingerprint density at radius 2 is 1.89 bits per heavy atom.